The second kappa shape index (κ2) is 25.2. The summed E-state index contributed by atoms with van der Waals surface area (Å²) >= 11 is 0. The molecule has 4 aromatic carbocycles. The quantitative estimate of drug-likeness (QED) is 0.0467. The van der Waals surface area contributed by atoms with Crippen LogP contribution < -0.4 is 11.5 Å². The van der Waals surface area contributed by atoms with Gasteiger partial charge < -0.3 is 11.5 Å². The van der Waals surface area contributed by atoms with Crippen LogP contribution in [0.15, 0.2) is 97.1 Å². The Labute approximate surface area is 356 Å². The highest BCUT2D eigenvalue weighted by Crippen LogP contribution is 2.48. The van der Waals surface area contributed by atoms with E-state index in [-0.39, 0.29) is 5.41 Å². The summed E-state index contributed by atoms with van der Waals surface area (Å²) in [6.07, 6.45) is 33.2. The van der Waals surface area contributed by atoms with Crippen LogP contribution in [0.4, 0.5) is 11.4 Å². The third-order valence-electron chi connectivity index (χ3n) is 14.0. The van der Waals surface area contributed by atoms with Crippen LogP contribution in [-0.4, -0.2) is 0 Å². The second-order valence-electron chi connectivity index (χ2n) is 18.4. The summed E-state index contributed by atoms with van der Waals surface area (Å²) in [5.74, 6) is 1.66. The zero-order valence-corrected chi connectivity index (χ0v) is 37.3. The van der Waals surface area contributed by atoms with Crippen molar-refractivity contribution in [2.45, 2.75) is 199 Å². The van der Waals surface area contributed by atoms with Gasteiger partial charge in [0.15, 0.2) is 0 Å². The number of unbranched alkanes of at least 4 members (excludes halogenated alkanes) is 15. The van der Waals surface area contributed by atoms with Crippen LogP contribution in [0.2, 0.25) is 0 Å². The molecule has 0 radical (unpaired) electrons. The molecule has 1 fully saturated rings. The first-order valence-electron chi connectivity index (χ1n) is 24.4. The molecule has 0 saturated heterocycles. The van der Waals surface area contributed by atoms with Gasteiger partial charge in [-0.3, -0.25) is 0 Å². The number of hydrogen-bond acceptors (Lipinski definition) is 2. The van der Waals surface area contributed by atoms with Gasteiger partial charge in [0, 0.05) is 28.6 Å². The first kappa shape index (κ1) is 45.6. The fraction of sp³-hybridized carbons (Fsp3) is 0.571. The monoisotopic (exact) mass is 783 g/mol. The van der Waals surface area contributed by atoms with Gasteiger partial charge in [0.25, 0.3) is 0 Å². The molecule has 0 aliphatic heterocycles. The Morgan fingerprint density at radius 3 is 1.07 bits per heavy atom. The molecule has 1 aliphatic rings. The molecule has 2 heteroatoms. The van der Waals surface area contributed by atoms with Gasteiger partial charge in [-0.25, -0.2) is 0 Å². The molecule has 0 amide bonds. The molecule has 4 N–H and O–H groups in total. The lowest BCUT2D eigenvalue weighted by Crippen LogP contribution is -2.33. The highest BCUT2D eigenvalue weighted by molar-refractivity contribution is 5.47. The molecule has 1 saturated carbocycles. The average molecular weight is 783 g/mol. The summed E-state index contributed by atoms with van der Waals surface area (Å²) < 4.78 is 0. The minimum Gasteiger partial charge on any atom is -0.399 e. The van der Waals surface area contributed by atoms with Crippen molar-refractivity contribution in [1.82, 2.24) is 0 Å². The van der Waals surface area contributed by atoms with Crippen LogP contribution in [0.5, 0.6) is 0 Å². The van der Waals surface area contributed by atoms with Crippen molar-refractivity contribution in [2.75, 3.05) is 11.5 Å². The van der Waals surface area contributed by atoms with E-state index in [0.717, 1.165) is 17.3 Å². The molecule has 4 aromatic rings. The molecule has 0 bridgehead atoms. The number of hydrogen-bond donors (Lipinski definition) is 2. The van der Waals surface area contributed by atoms with Crippen molar-refractivity contribution in [3.8, 4) is 0 Å². The van der Waals surface area contributed by atoms with Crippen LogP contribution in [0.1, 0.15) is 227 Å². The highest BCUT2D eigenvalue weighted by Gasteiger charge is 2.38. The highest BCUT2D eigenvalue weighted by atomic mass is 14.5. The van der Waals surface area contributed by atoms with E-state index in [1.165, 1.54) is 194 Å². The van der Waals surface area contributed by atoms with Gasteiger partial charge in [-0.2, -0.15) is 0 Å². The molecule has 58 heavy (non-hydrogen) atoms. The van der Waals surface area contributed by atoms with E-state index in [4.69, 9.17) is 11.5 Å². The van der Waals surface area contributed by atoms with E-state index in [1.807, 2.05) is 0 Å². The summed E-state index contributed by atoms with van der Waals surface area (Å²) in [7, 11) is 0. The Kier molecular flexibility index (Phi) is 19.8. The Morgan fingerprint density at radius 1 is 0.414 bits per heavy atom. The van der Waals surface area contributed by atoms with Crippen molar-refractivity contribution in [1.29, 1.82) is 0 Å². The van der Waals surface area contributed by atoms with E-state index in [1.54, 1.807) is 0 Å². The predicted molar refractivity (Wildman–Crippen MR) is 255 cm³/mol. The molecule has 2 atom stereocenters. The normalized spacial score (nSPS) is 17.9. The van der Waals surface area contributed by atoms with E-state index in [2.05, 4.69) is 118 Å². The third-order valence-corrected chi connectivity index (χ3v) is 14.0. The summed E-state index contributed by atoms with van der Waals surface area (Å²) in [4.78, 5) is 0. The van der Waals surface area contributed by atoms with Gasteiger partial charge in [0.1, 0.15) is 0 Å². The molecular weight excluding hydrogens is 701 g/mol. The molecule has 2 nitrogen and oxygen atoms in total. The number of benzene rings is 4. The number of nitrogens with two attached hydrogens (primary N) is 2. The van der Waals surface area contributed by atoms with E-state index >= 15 is 0 Å². The minimum absolute atomic E-state index is 0.0582. The summed E-state index contributed by atoms with van der Waals surface area (Å²) in [6, 6.07) is 37.5. The Balaban J connectivity index is 1.36. The summed E-state index contributed by atoms with van der Waals surface area (Å²) in [6.45, 7) is 6.95. The molecule has 0 heterocycles. The van der Waals surface area contributed by atoms with Gasteiger partial charge >= 0.3 is 0 Å². The minimum atomic E-state index is 0.0582. The average Bonchev–Trinajstić information content (AvgIpc) is 3.26. The Morgan fingerprint density at radius 2 is 0.724 bits per heavy atom. The smallest absolute Gasteiger partial charge is 0.0314 e. The molecule has 1 aliphatic carbocycles. The van der Waals surface area contributed by atoms with Gasteiger partial charge in [-0.05, 0) is 102 Å². The van der Waals surface area contributed by atoms with Crippen LogP contribution in [0.25, 0.3) is 0 Å². The van der Waals surface area contributed by atoms with E-state index in [0.29, 0.717) is 11.8 Å². The lowest BCUT2D eigenvalue weighted by molar-refractivity contribution is 0.251. The zero-order valence-electron chi connectivity index (χ0n) is 37.3. The van der Waals surface area contributed by atoms with Gasteiger partial charge in [0.2, 0.25) is 0 Å². The van der Waals surface area contributed by atoms with Crippen LogP contribution in [0.3, 0.4) is 0 Å². The first-order valence-corrected chi connectivity index (χ1v) is 24.4. The Bertz CT molecular complexity index is 1530. The molecule has 0 spiro atoms. The molecule has 0 aromatic heterocycles. The predicted octanol–water partition coefficient (Wildman–Crippen LogP) is 16.8. The lowest BCUT2D eigenvalue weighted by Gasteiger charge is -2.42. The van der Waals surface area contributed by atoms with Crippen LogP contribution >= 0.6 is 0 Å². The second-order valence-corrected chi connectivity index (χ2v) is 18.4. The van der Waals surface area contributed by atoms with Crippen LogP contribution in [-0.2, 0) is 5.41 Å². The lowest BCUT2D eigenvalue weighted by atomic mass is 9.62. The van der Waals surface area contributed by atoms with E-state index < -0.39 is 0 Å². The van der Waals surface area contributed by atoms with Crippen LogP contribution in [0, 0.1) is 5.92 Å². The SMILES string of the molecule is CCCCCCCCCCC(c1ccc(N)cc1)c1ccc(C2(c3ccc(C(CCCCCCCCCC)c4ccc(N)cc4)cc3)CCC(CCCC)CC2)cc1. The van der Waals surface area contributed by atoms with E-state index in [9.17, 15) is 0 Å². The first-order chi connectivity index (χ1) is 28.5. The maximum Gasteiger partial charge on any atom is 0.0314 e. The fourth-order valence-corrected chi connectivity index (χ4v) is 10.2. The van der Waals surface area contributed by atoms with Crippen molar-refractivity contribution in [2.24, 2.45) is 5.92 Å². The zero-order chi connectivity index (χ0) is 40.8. The molecule has 316 valence electrons. The standard InChI is InChI=1S/C56H82N2/c1-4-7-10-12-14-16-18-20-23-54(48-29-37-52(57)38-30-48)46-25-33-50(34-26-46)56(43-41-45(42-44-56)22-9-6-3)51-35-27-47(28-36-51)55(49-31-39-53(58)40-32-49)24-21-19-17-15-13-11-8-5-2/h25-40,45,54-55H,4-24,41-44,57-58H2,1-3H3. The van der Waals surface area contributed by atoms with Crippen molar-refractivity contribution >= 4 is 11.4 Å². The fourth-order valence-electron chi connectivity index (χ4n) is 10.2. The summed E-state index contributed by atoms with van der Waals surface area (Å²) in [5.41, 5.74) is 22.8. The molecule has 2 unspecified atom stereocenters. The number of rotatable bonds is 27. The van der Waals surface area contributed by atoms with Crippen molar-refractivity contribution in [3.63, 3.8) is 0 Å². The van der Waals surface area contributed by atoms with Crippen molar-refractivity contribution < 1.29 is 0 Å². The van der Waals surface area contributed by atoms with Gasteiger partial charge in [0.05, 0.1) is 0 Å². The topological polar surface area (TPSA) is 52.0 Å². The third kappa shape index (κ3) is 13.8. The van der Waals surface area contributed by atoms with Gasteiger partial charge in [-0.1, -0.05) is 216 Å². The summed E-state index contributed by atoms with van der Waals surface area (Å²) in [5, 5.41) is 0. The maximum atomic E-state index is 6.17. The van der Waals surface area contributed by atoms with Gasteiger partial charge in [-0.15, -0.1) is 0 Å². The van der Waals surface area contributed by atoms with Crippen molar-refractivity contribution in [3.05, 3.63) is 130 Å². The molecule has 5 rings (SSSR count). The Hall–Kier alpha value is -3.52. The number of anilines is 2. The largest absolute Gasteiger partial charge is 0.399 e. The molecular formula is C56H82N2. The maximum absolute atomic E-state index is 6.17. The number of nitrogen functional groups attached to an aromatic ring is 2.